The van der Waals surface area contributed by atoms with Crippen LogP contribution in [0.4, 0.5) is 0 Å². The van der Waals surface area contributed by atoms with Crippen LogP contribution < -0.4 is 0 Å². The van der Waals surface area contributed by atoms with Crippen LogP contribution in [0.2, 0.25) is 0 Å². The summed E-state index contributed by atoms with van der Waals surface area (Å²) in [7, 11) is 1.52. The molecule has 3 nitrogen and oxygen atoms in total. The smallest absolute Gasteiger partial charge is 0.212 e. The molecule has 48 valence electrons. The van der Waals surface area contributed by atoms with E-state index in [4.69, 9.17) is 17.0 Å². The fraction of sp³-hybridized carbons (Fsp3) is 0.250. The van der Waals surface area contributed by atoms with E-state index in [1.54, 1.807) is 5.38 Å². The van der Waals surface area contributed by atoms with Gasteiger partial charge in [-0.2, -0.15) is 0 Å². The predicted octanol–water partition coefficient (Wildman–Crippen LogP) is 0.860. The van der Waals surface area contributed by atoms with E-state index in [2.05, 4.69) is 9.59 Å². The van der Waals surface area contributed by atoms with E-state index in [9.17, 15) is 0 Å². The number of ether oxygens (including phenoxy) is 1. The lowest BCUT2D eigenvalue weighted by atomic mass is 10.5. The highest BCUT2D eigenvalue weighted by Crippen LogP contribution is 1.99. The molecule has 1 heterocycles. The van der Waals surface area contributed by atoms with E-state index in [0.29, 0.717) is 10.7 Å². The van der Waals surface area contributed by atoms with Crippen LogP contribution in [0.15, 0.2) is 5.38 Å². The monoisotopic (exact) mass is 160 g/mol. The van der Waals surface area contributed by atoms with Gasteiger partial charge in [0.05, 0.1) is 7.11 Å². The van der Waals surface area contributed by atoms with E-state index < -0.39 is 0 Å². The molecule has 5 heteroatoms. The van der Waals surface area contributed by atoms with E-state index in [-0.39, 0.29) is 0 Å². The van der Waals surface area contributed by atoms with Crippen LogP contribution in [0.1, 0.15) is 5.69 Å². The number of nitrogens with zero attached hydrogens (tertiary/aromatic N) is 2. The van der Waals surface area contributed by atoms with Gasteiger partial charge in [0.1, 0.15) is 0 Å². The molecule has 0 bridgehead atoms. The van der Waals surface area contributed by atoms with Crippen LogP contribution in [0.25, 0.3) is 0 Å². The summed E-state index contributed by atoms with van der Waals surface area (Å²) in [5, 5.41) is 5.82. The maximum Gasteiger partial charge on any atom is 0.212 e. The van der Waals surface area contributed by atoms with Crippen LogP contribution in [0, 0.1) is 0 Å². The normalized spacial score (nSPS) is 9.00. The molecule has 0 aliphatic heterocycles. The van der Waals surface area contributed by atoms with Crippen LogP contribution in [0.5, 0.6) is 0 Å². The Balaban J connectivity index is 2.77. The van der Waals surface area contributed by atoms with Crippen molar-refractivity contribution >= 4 is 28.8 Å². The Hall–Kier alpha value is -0.550. The van der Waals surface area contributed by atoms with Gasteiger partial charge in [0.15, 0.2) is 5.69 Å². The summed E-state index contributed by atoms with van der Waals surface area (Å²) in [6.07, 6.45) is 0. The van der Waals surface area contributed by atoms with E-state index >= 15 is 0 Å². The maximum atomic E-state index is 4.76. The molecule has 0 spiro atoms. The summed E-state index contributed by atoms with van der Waals surface area (Å²) in [4.78, 5) is 0. The zero-order valence-electron chi connectivity index (χ0n) is 4.70. The highest BCUT2D eigenvalue weighted by atomic mass is 32.1. The number of thiocarbonyl (C=S) groups is 1. The predicted molar refractivity (Wildman–Crippen MR) is 38.6 cm³/mol. The first-order valence-electron chi connectivity index (χ1n) is 2.20. The molecule has 1 aromatic rings. The van der Waals surface area contributed by atoms with Gasteiger partial charge in [-0.05, 0) is 23.8 Å². The van der Waals surface area contributed by atoms with Crippen molar-refractivity contribution in [3.63, 3.8) is 0 Å². The zero-order valence-corrected chi connectivity index (χ0v) is 6.33. The Morgan fingerprint density at radius 3 is 3.11 bits per heavy atom. The van der Waals surface area contributed by atoms with Gasteiger partial charge in [0.2, 0.25) is 5.05 Å². The highest BCUT2D eigenvalue weighted by molar-refractivity contribution is 7.80. The van der Waals surface area contributed by atoms with Gasteiger partial charge in [-0.3, -0.25) is 0 Å². The van der Waals surface area contributed by atoms with Gasteiger partial charge in [-0.15, -0.1) is 5.10 Å². The van der Waals surface area contributed by atoms with Crippen LogP contribution in [0.3, 0.4) is 0 Å². The zero-order chi connectivity index (χ0) is 6.69. The number of hydrogen-bond donors (Lipinski definition) is 0. The molecule has 0 aliphatic rings. The summed E-state index contributed by atoms with van der Waals surface area (Å²) in [5.74, 6) is 0. The number of rotatable bonds is 1. The van der Waals surface area contributed by atoms with Crippen LogP contribution >= 0.6 is 23.8 Å². The Labute approximate surface area is 61.8 Å². The average molecular weight is 160 g/mol. The maximum absolute atomic E-state index is 4.76. The van der Waals surface area contributed by atoms with Gasteiger partial charge in [0.25, 0.3) is 0 Å². The quantitative estimate of drug-likeness (QED) is 0.571. The van der Waals surface area contributed by atoms with E-state index in [1.807, 2.05) is 0 Å². The summed E-state index contributed by atoms with van der Waals surface area (Å²) in [5.41, 5.74) is 0.637. The second-order valence-electron chi connectivity index (χ2n) is 1.28. The first kappa shape index (κ1) is 6.57. The van der Waals surface area contributed by atoms with Crippen molar-refractivity contribution < 1.29 is 4.74 Å². The molecule has 0 radical (unpaired) electrons. The molecule has 9 heavy (non-hydrogen) atoms. The van der Waals surface area contributed by atoms with Crippen LogP contribution in [-0.2, 0) is 4.74 Å². The molecule has 0 unspecified atom stereocenters. The molecule has 0 aliphatic carbocycles. The molecular formula is C4H4N2OS2. The minimum absolute atomic E-state index is 0.392. The molecule has 0 fully saturated rings. The fourth-order valence-corrected chi connectivity index (χ4v) is 0.969. The van der Waals surface area contributed by atoms with Crippen LogP contribution in [-0.4, -0.2) is 21.7 Å². The Morgan fingerprint density at radius 1 is 1.89 bits per heavy atom. The fourth-order valence-electron chi connectivity index (χ4n) is 0.358. The van der Waals surface area contributed by atoms with E-state index in [0.717, 1.165) is 0 Å². The SMILES string of the molecule is COC(=S)c1csnn1. The minimum atomic E-state index is 0.392. The van der Waals surface area contributed by atoms with Crippen molar-refractivity contribution in [1.29, 1.82) is 0 Å². The second-order valence-corrected chi connectivity index (χ2v) is 2.26. The third-order valence-corrected chi connectivity index (χ3v) is 1.63. The molecule has 0 amide bonds. The molecule has 1 aromatic heterocycles. The van der Waals surface area contributed by atoms with Gasteiger partial charge in [-0.25, -0.2) is 0 Å². The summed E-state index contributed by atoms with van der Waals surface area (Å²) in [6, 6.07) is 0. The largest absolute Gasteiger partial charge is 0.485 e. The highest BCUT2D eigenvalue weighted by Gasteiger charge is 2.01. The second kappa shape index (κ2) is 2.84. The summed E-state index contributed by atoms with van der Waals surface area (Å²) in [6.45, 7) is 0. The number of aromatic nitrogens is 2. The Morgan fingerprint density at radius 2 is 2.67 bits per heavy atom. The van der Waals surface area contributed by atoms with Gasteiger partial charge in [-0.1, -0.05) is 4.49 Å². The molecule has 0 saturated heterocycles. The minimum Gasteiger partial charge on any atom is -0.485 e. The van der Waals surface area contributed by atoms with Gasteiger partial charge < -0.3 is 4.74 Å². The topological polar surface area (TPSA) is 35.0 Å². The van der Waals surface area contributed by atoms with Crippen molar-refractivity contribution in [2.24, 2.45) is 0 Å². The molecule has 1 rings (SSSR count). The molecule has 0 N–H and O–H groups in total. The lowest BCUT2D eigenvalue weighted by molar-refractivity contribution is 0.414. The van der Waals surface area contributed by atoms with Gasteiger partial charge in [0, 0.05) is 5.38 Å². The van der Waals surface area contributed by atoms with Gasteiger partial charge >= 0.3 is 0 Å². The van der Waals surface area contributed by atoms with Crippen molar-refractivity contribution in [1.82, 2.24) is 9.59 Å². The van der Waals surface area contributed by atoms with Crippen molar-refractivity contribution in [3.05, 3.63) is 11.1 Å². The first-order chi connectivity index (χ1) is 4.34. The van der Waals surface area contributed by atoms with Crippen molar-refractivity contribution in [2.75, 3.05) is 7.11 Å². The molecular weight excluding hydrogens is 156 g/mol. The lowest BCUT2D eigenvalue weighted by Gasteiger charge is -1.92. The summed E-state index contributed by atoms with van der Waals surface area (Å²) < 4.78 is 8.35. The Kier molecular flexibility index (Phi) is 2.07. The average Bonchev–Trinajstić information content (AvgIpc) is 2.37. The van der Waals surface area contributed by atoms with E-state index in [1.165, 1.54) is 18.6 Å². The third kappa shape index (κ3) is 1.43. The van der Waals surface area contributed by atoms with Crippen molar-refractivity contribution in [2.45, 2.75) is 0 Å². The Bertz CT molecular complexity index is 196. The third-order valence-electron chi connectivity index (χ3n) is 0.755. The standard InChI is InChI=1S/C4H4N2OS2/c1-7-4(8)3-2-9-6-5-3/h2H,1H3. The molecule has 0 atom stereocenters. The van der Waals surface area contributed by atoms with Crippen molar-refractivity contribution in [3.8, 4) is 0 Å². The number of hydrogen-bond acceptors (Lipinski definition) is 5. The summed E-state index contributed by atoms with van der Waals surface area (Å²) >= 11 is 6.01. The first-order valence-corrected chi connectivity index (χ1v) is 3.44. The molecule has 0 aromatic carbocycles. The number of methoxy groups -OCH3 is 1. The lowest BCUT2D eigenvalue weighted by Crippen LogP contribution is -1.98. The molecule has 0 saturated carbocycles.